The minimum absolute atomic E-state index is 0.00161. The second-order valence-corrected chi connectivity index (χ2v) is 11.4. The molecule has 0 bridgehead atoms. The lowest BCUT2D eigenvalue weighted by Gasteiger charge is -2.20. The molecule has 0 atom stereocenters. The average molecular weight is 651 g/mol. The molecule has 10 heteroatoms. The first kappa shape index (κ1) is 34.4. The van der Waals surface area contributed by atoms with E-state index in [1.807, 2.05) is 56.3 Å². The Morgan fingerprint density at radius 1 is 0.891 bits per heavy atom. The Labute approximate surface area is 272 Å². The van der Waals surface area contributed by atoms with Gasteiger partial charge in [-0.05, 0) is 97.4 Å². The van der Waals surface area contributed by atoms with Crippen molar-refractivity contribution in [2.24, 2.45) is 0 Å². The van der Waals surface area contributed by atoms with Gasteiger partial charge in [0.2, 0.25) is 0 Å². The Balaban J connectivity index is 0.00000154. The highest BCUT2D eigenvalue weighted by Crippen LogP contribution is 2.36. The van der Waals surface area contributed by atoms with E-state index in [1.54, 1.807) is 13.1 Å². The maximum Gasteiger partial charge on any atom is 0.290 e. The molecule has 46 heavy (non-hydrogen) atoms. The molecule has 7 nitrogen and oxygen atoms in total. The van der Waals surface area contributed by atoms with Gasteiger partial charge < -0.3 is 19.9 Å². The summed E-state index contributed by atoms with van der Waals surface area (Å²) < 4.78 is 39.9. The summed E-state index contributed by atoms with van der Waals surface area (Å²) in [5.74, 6) is -0.411. The van der Waals surface area contributed by atoms with Crippen LogP contribution in [0.4, 0.5) is 8.78 Å². The van der Waals surface area contributed by atoms with Gasteiger partial charge in [0.1, 0.15) is 36.3 Å². The zero-order valence-electron chi connectivity index (χ0n) is 26.0. The number of carbonyl (C=O) groups excluding carboxylic acids is 1. The first-order valence-corrected chi connectivity index (χ1v) is 15.3. The number of rotatable bonds is 10. The molecular weight excluding hydrogens is 614 g/mol. The second kappa shape index (κ2) is 16.2. The Hall–Kier alpha value is -4.47. The van der Waals surface area contributed by atoms with Gasteiger partial charge in [-0.1, -0.05) is 41.9 Å². The van der Waals surface area contributed by atoms with E-state index in [4.69, 9.17) is 31.0 Å². The van der Waals surface area contributed by atoms with Crippen molar-refractivity contribution in [1.82, 2.24) is 10.2 Å². The Bertz CT molecular complexity index is 1670. The number of hydrogen-bond acceptors (Lipinski definition) is 5. The third kappa shape index (κ3) is 8.62. The summed E-state index contributed by atoms with van der Waals surface area (Å²) in [4.78, 5) is 23.1. The third-order valence-electron chi connectivity index (χ3n) is 7.95. The lowest BCUT2D eigenvalue weighted by molar-refractivity contribution is -0.122. The molecule has 1 aliphatic heterocycles. The summed E-state index contributed by atoms with van der Waals surface area (Å²) >= 11 is 6.72. The maximum atomic E-state index is 13.8. The molecule has 0 aliphatic carbocycles. The minimum Gasteiger partial charge on any atom is -0.488 e. The fourth-order valence-electron chi connectivity index (χ4n) is 5.58. The molecule has 1 amide bonds. The number of amides is 1. The zero-order chi connectivity index (χ0) is 33.2. The van der Waals surface area contributed by atoms with Crippen molar-refractivity contribution in [2.45, 2.75) is 46.4 Å². The fraction of sp³-hybridized carbons (Fsp3) is 0.278. The van der Waals surface area contributed by atoms with Crippen LogP contribution in [0.15, 0.2) is 66.7 Å². The lowest BCUT2D eigenvalue weighted by Crippen LogP contribution is -2.19. The van der Waals surface area contributed by atoms with Crippen LogP contribution in [0.2, 0.25) is 5.02 Å². The number of carbonyl (C=O) groups is 2. The van der Waals surface area contributed by atoms with E-state index in [-0.39, 0.29) is 25.6 Å². The van der Waals surface area contributed by atoms with Crippen LogP contribution in [-0.4, -0.2) is 42.5 Å². The SMILES string of the molecule is CNC(=O)c1cccc(-c2cccc(COc3cc(OCc4cc(F)cc(F)c4)c(CN4CCCC4)cc3Cl)c2C)c1C.O=CO. The van der Waals surface area contributed by atoms with Crippen LogP contribution < -0.4 is 14.8 Å². The van der Waals surface area contributed by atoms with Crippen LogP contribution in [0.25, 0.3) is 11.1 Å². The van der Waals surface area contributed by atoms with E-state index >= 15 is 0 Å². The van der Waals surface area contributed by atoms with Crippen LogP contribution >= 0.6 is 11.6 Å². The molecule has 1 aliphatic rings. The molecular formula is C36H37ClF2N2O5. The molecule has 0 radical (unpaired) electrons. The van der Waals surface area contributed by atoms with Crippen molar-refractivity contribution in [3.63, 3.8) is 0 Å². The number of ether oxygens (including phenoxy) is 2. The van der Waals surface area contributed by atoms with Crippen molar-refractivity contribution < 1.29 is 33.0 Å². The highest BCUT2D eigenvalue weighted by Gasteiger charge is 2.19. The van der Waals surface area contributed by atoms with Gasteiger partial charge in [0.15, 0.2) is 0 Å². The van der Waals surface area contributed by atoms with E-state index < -0.39 is 11.6 Å². The summed E-state index contributed by atoms with van der Waals surface area (Å²) in [5.41, 5.74) is 6.82. The van der Waals surface area contributed by atoms with Crippen LogP contribution in [0.1, 0.15) is 51.0 Å². The standard InChI is InChI=1S/C35H35ClF2N2O3.CH2O2/c1-22-25(8-6-9-29(22)30-10-7-11-31(23(30)2)35(41)39-3)21-43-34-18-33(42-20-24-14-27(37)17-28(38)15-24)26(16-32(34)36)19-40-12-4-5-13-40;2-1-3/h6-11,14-18H,4-5,12-13,19-21H2,1-3H3,(H,39,41);1H,(H,2,3). The summed E-state index contributed by atoms with van der Waals surface area (Å²) in [7, 11) is 1.62. The van der Waals surface area contributed by atoms with Gasteiger partial charge in [0, 0.05) is 36.9 Å². The topological polar surface area (TPSA) is 88.1 Å². The normalized spacial score (nSPS) is 12.7. The third-order valence-corrected chi connectivity index (χ3v) is 8.24. The number of benzene rings is 4. The van der Waals surface area contributed by atoms with Crippen molar-refractivity contribution in [2.75, 3.05) is 20.1 Å². The average Bonchev–Trinajstić information content (AvgIpc) is 3.54. The summed E-state index contributed by atoms with van der Waals surface area (Å²) in [6.45, 7) is 6.63. The van der Waals surface area contributed by atoms with Crippen LogP contribution in [-0.2, 0) is 24.6 Å². The highest BCUT2D eigenvalue weighted by atomic mass is 35.5. The number of carboxylic acid groups (broad SMARTS) is 1. The summed E-state index contributed by atoms with van der Waals surface area (Å²) in [6, 6.07) is 18.7. The van der Waals surface area contributed by atoms with Crippen molar-refractivity contribution in [1.29, 1.82) is 0 Å². The smallest absolute Gasteiger partial charge is 0.290 e. The molecule has 0 aromatic heterocycles. The Morgan fingerprint density at radius 3 is 2.15 bits per heavy atom. The van der Waals surface area contributed by atoms with E-state index in [1.165, 1.54) is 12.1 Å². The van der Waals surface area contributed by atoms with Crippen LogP contribution in [0.3, 0.4) is 0 Å². The highest BCUT2D eigenvalue weighted by molar-refractivity contribution is 6.32. The molecule has 0 saturated carbocycles. The lowest BCUT2D eigenvalue weighted by atomic mass is 9.91. The quantitative estimate of drug-likeness (QED) is 0.171. The van der Waals surface area contributed by atoms with Gasteiger partial charge in [0.25, 0.3) is 12.4 Å². The molecule has 4 aromatic rings. The molecule has 1 saturated heterocycles. The number of nitrogens with one attached hydrogen (secondary N) is 1. The first-order chi connectivity index (χ1) is 22.1. The van der Waals surface area contributed by atoms with Gasteiger partial charge in [-0.25, -0.2) is 8.78 Å². The van der Waals surface area contributed by atoms with Crippen LogP contribution in [0, 0.1) is 25.5 Å². The van der Waals surface area contributed by atoms with E-state index in [2.05, 4.69) is 10.2 Å². The van der Waals surface area contributed by atoms with Gasteiger partial charge in [-0.3, -0.25) is 14.5 Å². The second-order valence-electron chi connectivity index (χ2n) is 11.0. The number of likely N-dealkylation sites (tertiary alicyclic amines) is 1. The minimum atomic E-state index is -0.649. The van der Waals surface area contributed by atoms with Crippen molar-refractivity contribution >= 4 is 24.0 Å². The van der Waals surface area contributed by atoms with Crippen LogP contribution in [0.5, 0.6) is 11.5 Å². The number of nitrogens with zero attached hydrogens (tertiary/aromatic N) is 1. The predicted octanol–water partition coefficient (Wildman–Crippen LogP) is 7.72. The molecule has 0 spiro atoms. The number of hydrogen-bond donors (Lipinski definition) is 2. The molecule has 1 fully saturated rings. The van der Waals surface area contributed by atoms with Gasteiger partial charge >= 0.3 is 0 Å². The molecule has 242 valence electrons. The number of halogens is 3. The van der Waals surface area contributed by atoms with Gasteiger partial charge in [0.05, 0.1) is 5.02 Å². The van der Waals surface area contributed by atoms with E-state index in [0.717, 1.165) is 65.4 Å². The maximum absolute atomic E-state index is 13.8. The van der Waals surface area contributed by atoms with E-state index in [0.29, 0.717) is 34.2 Å². The zero-order valence-corrected chi connectivity index (χ0v) is 26.8. The van der Waals surface area contributed by atoms with Crippen molar-refractivity contribution in [3.8, 4) is 22.6 Å². The van der Waals surface area contributed by atoms with Crippen molar-refractivity contribution in [3.05, 3.63) is 117 Å². The molecule has 5 rings (SSSR count). The Kier molecular flexibility index (Phi) is 12.1. The molecule has 0 unspecified atom stereocenters. The summed E-state index contributed by atoms with van der Waals surface area (Å²) in [5, 5.41) is 10.1. The summed E-state index contributed by atoms with van der Waals surface area (Å²) in [6.07, 6.45) is 2.28. The Morgan fingerprint density at radius 2 is 1.50 bits per heavy atom. The predicted molar refractivity (Wildman–Crippen MR) is 174 cm³/mol. The van der Waals surface area contributed by atoms with E-state index in [9.17, 15) is 13.6 Å². The first-order valence-electron chi connectivity index (χ1n) is 14.9. The van der Waals surface area contributed by atoms with Gasteiger partial charge in [-0.2, -0.15) is 0 Å². The fourth-order valence-corrected chi connectivity index (χ4v) is 5.82. The molecule has 2 N–H and O–H groups in total. The largest absolute Gasteiger partial charge is 0.488 e. The molecule has 1 heterocycles. The van der Waals surface area contributed by atoms with Gasteiger partial charge in [-0.15, -0.1) is 0 Å². The monoisotopic (exact) mass is 650 g/mol. The molecule has 4 aromatic carbocycles.